The summed E-state index contributed by atoms with van der Waals surface area (Å²) < 4.78 is 32.4. The van der Waals surface area contributed by atoms with Gasteiger partial charge in [0.15, 0.2) is 8.32 Å². The standard InChI is InChI=1S/C16H24N2O5SSi/c1-11-8-14-12(9-13(11)18(19)20)10-15(17(14)24(4,21)22)16(2,3)23-25(5,6)7/h8-10H,1-7H3. The molecule has 0 amide bonds. The maximum atomic E-state index is 12.5. The molecule has 138 valence electrons. The van der Waals surface area contributed by atoms with Crippen LogP contribution in [0.3, 0.4) is 0 Å². The van der Waals surface area contributed by atoms with Crippen LogP contribution in [0.4, 0.5) is 5.69 Å². The van der Waals surface area contributed by atoms with E-state index in [-0.39, 0.29) is 5.69 Å². The van der Waals surface area contributed by atoms with Crippen molar-refractivity contribution >= 4 is 34.9 Å². The quantitative estimate of drug-likeness (QED) is 0.445. The van der Waals surface area contributed by atoms with Crippen molar-refractivity contribution in [1.29, 1.82) is 0 Å². The SMILES string of the molecule is Cc1cc2c(cc1[N+](=O)[O-])cc(C(C)(C)O[Si](C)(C)C)n2S(C)(=O)=O. The molecule has 0 aliphatic rings. The Kier molecular flexibility index (Phi) is 4.65. The van der Waals surface area contributed by atoms with Gasteiger partial charge >= 0.3 is 0 Å². The van der Waals surface area contributed by atoms with Crippen molar-refractivity contribution in [3.63, 3.8) is 0 Å². The minimum absolute atomic E-state index is 0.0337. The molecule has 1 aromatic heterocycles. The molecule has 0 saturated heterocycles. The minimum atomic E-state index is -3.62. The number of nitro groups is 1. The van der Waals surface area contributed by atoms with Crippen molar-refractivity contribution in [3.05, 3.63) is 39.6 Å². The lowest BCUT2D eigenvalue weighted by atomic mass is 10.1. The van der Waals surface area contributed by atoms with E-state index in [0.717, 1.165) is 6.26 Å². The number of hydrogen-bond acceptors (Lipinski definition) is 5. The number of hydrogen-bond donors (Lipinski definition) is 0. The average molecular weight is 385 g/mol. The van der Waals surface area contributed by atoms with Crippen molar-refractivity contribution in [2.75, 3.05) is 6.26 Å². The Bertz CT molecular complexity index is 955. The van der Waals surface area contributed by atoms with Gasteiger partial charge in [0, 0.05) is 17.0 Å². The predicted octanol–water partition coefficient (Wildman–Crippen LogP) is 3.75. The molecule has 0 N–H and O–H groups in total. The van der Waals surface area contributed by atoms with Crippen LogP contribution >= 0.6 is 0 Å². The zero-order chi connectivity index (χ0) is 19.4. The first-order valence-electron chi connectivity index (χ1n) is 7.85. The van der Waals surface area contributed by atoms with Crippen LogP contribution in [-0.2, 0) is 20.1 Å². The summed E-state index contributed by atoms with van der Waals surface area (Å²) in [6.45, 7) is 11.3. The molecular formula is C16H24N2O5SSi. The molecule has 1 aromatic carbocycles. The lowest BCUT2D eigenvalue weighted by Crippen LogP contribution is -2.38. The Balaban J connectivity index is 2.87. The van der Waals surface area contributed by atoms with Crippen LogP contribution in [0.15, 0.2) is 18.2 Å². The number of nitro benzene ring substituents is 1. The molecule has 0 saturated carbocycles. The number of aromatic nitrogens is 1. The van der Waals surface area contributed by atoms with E-state index >= 15 is 0 Å². The highest BCUT2D eigenvalue weighted by Gasteiger charge is 2.34. The van der Waals surface area contributed by atoms with Crippen LogP contribution in [-0.4, -0.2) is 31.9 Å². The number of benzene rings is 1. The Morgan fingerprint density at radius 2 is 1.76 bits per heavy atom. The van der Waals surface area contributed by atoms with Crippen LogP contribution in [0, 0.1) is 17.0 Å². The van der Waals surface area contributed by atoms with E-state index in [1.165, 1.54) is 10.0 Å². The van der Waals surface area contributed by atoms with Gasteiger partial charge in [0.1, 0.15) is 0 Å². The molecule has 1 heterocycles. The average Bonchev–Trinajstić information content (AvgIpc) is 2.73. The Hall–Kier alpha value is -1.71. The molecule has 0 spiro atoms. The van der Waals surface area contributed by atoms with Gasteiger partial charge in [-0.3, -0.25) is 10.1 Å². The maximum absolute atomic E-state index is 12.5. The molecule has 0 radical (unpaired) electrons. The summed E-state index contributed by atoms with van der Waals surface area (Å²) in [5.41, 5.74) is 0.416. The molecule has 0 aliphatic carbocycles. The van der Waals surface area contributed by atoms with Crippen LogP contribution in [0.1, 0.15) is 25.1 Å². The fourth-order valence-electron chi connectivity index (χ4n) is 3.11. The predicted molar refractivity (Wildman–Crippen MR) is 101 cm³/mol. The summed E-state index contributed by atoms with van der Waals surface area (Å²) in [7, 11) is -5.59. The fraction of sp³-hybridized carbons (Fsp3) is 0.500. The summed E-state index contributed by atoms with van der Waals surface area (Å²) >= 11 is 0. The molecule has 0 atom stereocenters. The zero-order valence-electron chi connectivity index (χ0n) is 15.6. The topological polar surface area (TPSA) is 91.4 Å². The molecule has 0 unspecified atom stereocenters. The molecular weight excluding hydrogens is 360 g/mol. The van der Waals surface area contributed by atoms with Crippen LogP contribution in [0.5, 0.6) is 0 Å². The molecule has 0 fully saturated rings. The highest BCUT2D eigenvalue weighted by molar-refractivity contribution is 7.89. The molecule has 0 bridgehead atoms. The van der Waals surface area contributed by atoms with E-state index in [1.54, 1.807) is 19.1 Å². The normalized spacial score (nSPS) is 13.4. The molecule has 25 heavy (non-hydrogen) atoms. The summed E-state index contributed by atoms with van der Waals surface area (Å²) in [5, 5.41) is 11.7. The third kappa shape index (κ3) is 3.93. The monoisotopic (exact) mass is 384 g/mol. The van der Waals surface area contributed by atoms with E-state index in [1.807, 2.05) is 33.5 Å². The number of aryl methyl sites for hydroxylation is 1. The summed E-state index contributed by atoms with van der Waals surface area (Å²) in [4.78, 5) is 10.7. The van der Waals surface area contributed by atoms with Gasteiger partial charge in [0.25, 0.3) is 5.69 Å². The number of fused-ring (bicyclic) bond motifs is 1. The van der Waals surface area contributed by atoms with E-state index in [9.17, 15) is 18.5 Å². The molecule has 2 rings (SSSR count). The minimum Gasteiger partial charge on any atom is -0.407 e. The van der Waals surface area contributed by atoms with Crippen LogP contribution < -0.4 is 0 Å². The highest BCUT2D eigenvalue weighted by atomic mass is 32.2. The highest BCUT2D eigenvalue weighted by Crippen LogP contribution is 2.36. The van der Waals surface area contributed by atoms with Gasteiger partial charge in [-0.2, -0.15) is 0 Å². The summed E-state index contributed by atoms with van der Waals surface area (Å²) in [5.74, 6) is 0. The van der Waals surface area contributed by atoms with E-state index in [2.05, 4.69) is 0 Å². The second-order valence-corrected chi connectivity index (χ2v) is 14.0. The Morgan fingerprint density at radius 3 is 2.20 bits per heavy atom. The molecule has 0 aliphatic heterocycles. The first-order chi connectivity index (χ1) is 11.1. The second-order valence-electron chi connectivity index (χ2n) is 7.74. The van der Waals surface area contributed by atoms with Gasteiger partial charge in [-0.15, -0.1) is 0 Å². The molecule has 2 aromatic rings. The first-order valence-corrected chi connectivity index (χ1v) is 13.1. The van der Waals surface area contributed by atoms with Crippen LogP contribution in [0.2, 0.25) is 19.6 Å². The van der Waals surface area contributed by atoms with E-state index < -0.39 is 28.9 Å². The lowest BCUT2D eigenvalue weighted by molar-refractivity contribution is -0.385. The molecule has 9 heteroatoms. The van der Waals surface area contributed by atoms with E-state index in [4.69, 9.17) is 4.43 Å². The second kappa shape index (κ2) is 5.92. The van der Waals surface area contributed by atoms with Crippen LogP contribution in [0.25, 0.3) is 10.9 Å². The van der Waals surface area contributed by atoms with Gasteiger partial charge < -0.3 is 4.43 Å². The first kappa shape index (κ1) is 19.6. The van der Waals surface area contributed by atoms with E-state index in [0.29, 0.717) is 22.2 Å². The third-order valence-electron chi connectivity index (χ3n) is 3.78. The number of rotatable bonds is 5. The Labute approximate surface area is 148 Å². The summed E-state index contributed by atoms with van der Waals surface area (Å²) in [6, 6.07) is 4.63. The van der Waals surface area contributed by atoms with Crippen molar-refractivity contribution in [3.8, 4) is 0 Å². The lowest BCUT2D eigenvalue weighted by Gasteiger charge is -2.33. The van der Waals surface area contributed by atoms with Crippen molar-refractivity contribution in [2.45, 2.75) is 46.0 Å². The zero-order valence-corrected chi connectivity index (χ0v) is 17.4. The fourth-order valence-corrected chi connectivity index (χ4v) is 5.90. The van der Waals surface area contributed by atoms with Gasteiger partial charge in [0.05, 0.1) is 28.0 Å². The largest absolute Gasteiger partial charge is 0.407 e. The maximum Gasteiger partial charge on any atom is 0.273 e. The van der Waals surface area contributed by atoms with Gasteiger partial charge in [-0.25, -0.2) is 12.4 Å². The van der Waals surface area contributed by atoms with Gasteiger partial charge in [-0.05, 0) is 52.5 Å². The van der Waals surface area contributed by atoms with Gasteiger partial charge in [-0.1, -0.05) is 0 Å². The third-order valence-corrected chi connectivity index (χ3v) is 5.96. The van der Waals surface area contributed by atoms with Crippen molar-refractivity contribution in [2.24, 2.45) is 0 Å². The number of nitrogens with zero attached hydrogens (tertiary/aromatic N) is 2. The smallest absolute Gasteiger partial charge is 0.273 e. The van der Waals surface area contributed by atoms with Crippen molar-refractivity contribution < 1.29 is 17.8 Å². The van der Waals surface area contributed by atoms with Gasteiger partial charge in [0.2, 0.25) is 10.0 Å². The Morgan fingerprint density at radius 1 is 1.20 bits per heavy atom. The van der Waals surface area contributed by atoms with Crippen molar-refractivity contribution in [1.82, 2.24) is 3.97 Å². The summed E-state index contributed by atoms with van der Waals surface area (Å²) in [6.07, 6.45) is 1.12. The molecule has 7 nitrogen and oxygen atoms in total.